The number of allylic oxidation sites excluding steroid dienone is 1. The number of fused-ring (bicyclic) bond motifs is 3. The molecule has 1 saturated heterocycles. The molecule has 0 spiro atoms. The number of aromatic nitrogens is 10. The van der Waals surface area contributed by atoms with E-state index in [4.69, 9.17) is 18.9 Å². The molecule has 0 atom stereocenters. The Kier molecular flexibility index (Phi) is 15.1. The zero-order valence-electron chi connectivity index (χ0n) is 43.5. The molecule has 24 heteroatoms. The number of carbonyl (C=O) groups excluding carboxylic acids is 2. The van der Waals surface area contributed by atoms with E-state index >= 15 is 0 Å². The minimum atomic E-state index is -3.07. The van der Waals surface area contributed by atoms with E-state index in [9.17, 15) is 27.2 Å². The van der Waals surface area contributed by atoms with E-state index in [-0.39, 0.29) is 56.5 Å². The topological polar surface area (TPSA) is 206 Å². The Hall–Kier alpha value is -10.1. The van der Waals surface area contributed by atoms with Gasteiger partial charge in [0.25, 0.3) is 11.8 Å². The molecule has 10 aromatic rings. The van der Waals surface area contributed by atoms with Crippen LogP contribution in [0.5, 0.6) is 34.5 Å². The molecule has 4 aromatic carbocycles. The summed E-state index contributed by atoms with van der Waals surface area (Å²) in [6.45, 7) is 1.82. The average Bonchev–Trinajstić information content (AvgIpc) is 4.43. The van der Waals surface area contributed by atoms with Gasteiger partial charge in [0.15, 0.2) is 11.3 Å². The highest BCUT2D eigenvalue weighted by Gasteiger charge is 2.25. The van der Waals surface area contributed by atoms with E-state index in [2.05, 4.69) is 57.8 Å². The molecule has 2 amide bonds. The van der Waals surface area contributed by atoms with Crippen molar-refractivity contribution in [3.63, 3.8) is 0 Å². The number of halogens is 4. The molecule has 6 aromatic heterocycles. The van der Waals surface area contributed by atoms with Gasteiger partial charge in [0.2, 0.25) is 0 Å². The molecule has 2 aliphatic rings. The third-order valence-electron chi connectivity index (χ3n) is 13.2. The number of alkyl halides is 4. The van der Waals surface area contributed by atoms with Crippen LogP contribution in [0.25, 0.3) is 33.8 Å². The Morgan fingerprint density at radius 1 is 0.667 bits per heavy atom. The smallest absolute Gasteiger partial charge is 0.387 e. The fourth-order valence-corrected chi connectivity index (χ4v) is 9.27. The van der Waals surface area contributed by atoms with Gasteiger partial charge in [-0.1, -0.05) is 24.8 Å². The van der Waals surface area contributed by atoms with E-state index < -0.39 is 25.0 Å². The molecule has 20 nitrogen and oxygen atoms in total. The summed E-state index contributed by atoms with van der Waals surface area (Å²) in [5, 5.41) is 26.1. The fraction of sp³-hybridized carbons (Fsp3) is 0.193. The maximum absolute atomic E-state index is 13.3. The van der Waals surface area contributed by atoms with Crippen LogP contribution < -0.4 is 34.9 Å². The van der Waals surface area contributed by atoms with Gasteiger partial charge in [-0.3, -0.25) is 19.0 Å². The number of hydrogen-bond acceptors (Lipinski definition) is 14. The number of benzene rings is 4. The molecule has 81 heavy (non-hydrogen) atoms. The molecule has 0 unspecified atom stereocenters. The van der Waals surface area contributed by atoms with Crippen LogP contribution in [-0.4, -0.2) is 98.3 Å². The Balaban J connectivity index is 0.000000171. The standard InChI is InChI=1S/C30H27F2N7O3.C27H23F2N7O3/c1-19(38-12-4-13-38)15-20-5-7-21(8-6-20)41-22-9-10-26(42-30(31)32)23(16-22)27-25(18-37(2)36-27)35-29(40)24-17-34-39-14-3-11-33-28(24)39;1-35-15-22(33-26(37)21-14-32-36-10-2-8-31-25(21)36)24(34-35)20-12-19(5-6-23(20)39-27(28)29)38-18-4-3-16-7-9-30-13-17(16)11-18/h3,5-11,14,16-18,30H,1,4,12-13,15H2,2H3,(H,35,40);2-6,8,10-12,14-15,27,30H,7,9,13H2,1H3,(H,33,37). The first-order valence-corrected chi connectivity index (χ1v) is 25.4. The number of nitrogens with zero attached hydrogens (tertiary/aromatic N) is 11. The summed E-state index contributed by atoms with van der Waals surface area (Å²) in [5.74, 6) is 0.744. The van der Waals surface area contributed by atoms with E-state index in [1.165, 1.54) is 61.0 Å². The van der Waals surface area contributed by atoms with E-state index in [1.54, 1.807) is 81.6 Å². The Labute approximate surface area is 459 Å². The molecular weight excluding hydrogens is 1050 g/mol. The van der Waals surface area contributed by atoms with Gasteiger partial charge in [-0.05, 0) is 109 Å². The monoisotopic (exact) mass is 1100 g/mol. The first kappa shape index (κ1) is 52.9. The van der Waals surface area contributed by atoms with Gasteiger partial charge >= 0.3 is 13.2 Å². The van der Waals surface area contributed by atoms with Crippen molar-refractivity contribution in [3.05, 3.63) is 181 Å². The Morgan fingerprint density at radius 2 is 1.17 bits per heavy atom. The van der Waals surface area contributed by atoms with E-state index in [1.807, 2.05) is 42.5 Å². The van der Waals surface area contributed by atoms with E-state index in [0.29, 0.717) is 34.3 Å². The van der Waals surface area contributed by atoms with Crippen molar-refractivity contribution in [2.24, 2.45) is 14.1 Å². The fourth-order valence-electron chi connectivity index (χ4n) is 9.27. The predicted molar refractivity (Wildman–Crippen MR) is 290 cm³/mol. The number of hydrogen-bond donors (Lipinski definition) is 3. The van der Waals surface area contributed by atoms with Crippen molar-refractivity contribution in [2.45, 2.75) is 39.0 Å². The van der Waals surface area contributed by atoms with Gasteiger partial charge in [-0.15, -0.1) is 0 Å². The average molecular weight is 1100 g/mol. The molecule has 12 rings (SSSR count). The van der Waals surface area contributed by atoms with Crippen molar-refractivity contribution in [1.82, 2.24) is 59.0 Å². The zero-order valence-corrected chi connectivity index (χ0v) is 43.5. The lowest BCUT2D eigenvalue weighted by molar-refractivity contribution is -0.0501. The normalized spacial score (nSPS) is 12.9. The van der Waals surface area contributed by atoms with Crippen molar-refractivity contribution in [3.8, 4) is 57.0 Å². The van der Waals surface area contributed by atoms with Crippen LogP contribution in [0.3, 0.4) is 0 Å². The summed E-state index contributed by atoms with van der Waals surface area (Å²) in [5.41, 5.74) is 7.28. The Morgan fingerprint density at radius 3 is 1.69 bits per heavy atom. The first-order chi connectivity index (χ1) is 39.3. The molecule has 0 saturated carbocycles. The number of carbonyl (C=O) groups is 2. The second kappa shape index (κ2) is 23.1. The lowest BCUT2D eigenvalue weighted by Gasteiger charge is -2.34. The van der Waals surface area contributed by atoms with Crippen molar-refractivity contribution >= 4 is 34.5 Å². The summed E-state index contributed by atoms with van der Waals surface area (Å²) in [7, 11) is 3.31. The van der Waals surface area contributed by atoms with Gasteiger partial charge in [0, 0.05) is 83.0 Å². The third-order valence-corrected chi connectivity index (χ3v) is 13.2. The maximum atomic E-state index is 13.3. The molecule has 0 radical (unpaired) electrons. The van der Waals surface area contributed by atoms with Crippen LogP contribution in [0, 0.1) is 0 Å². The molecule has 1 fully saturated rings. The van der Waals surface area contributed by atoms with Gasteiger partial charge in [0.1, 0.15) is 57.0 Å². The summed E-state index contributed by atoms with van der Waals surface area (Å²) in [6, 6.07) is 25.9. The highest BCUT2D eigenvalue weighted by molar-refractivity contribution is 6.10. The van der Waals surface area contributed by atoms with Crippen molar-refractivity contribution < 1.29 is 46.1 Å². The van der Waals surface area contributed by atoms with Crippen LogP contribution >= 0.6 is 0 Å². The number of nitrogens with one attached hydrogen (secondary N) is 3. The number of amides is 2. The molecule has 3 N–H and O–H groups in total. The van der Waals surface area contributed by atoms with Crippen molar-refractivity contribution in [1.29, 1.82) is 0 Å². The van der Waals surface area contributed by atoms with Crippen molar-refractivity contribution in [2.75, 3.05) is 30.3 Å². The minimum Gasteiger partial charge on any atom is -0.457 e. The highest BCUT2D eigenvalue weighted by Crippen LogP contribution is 2.41. The highest BCUT2D eigenvalue weighted by atomic mass is 19.3. The van der Waals surface area contributed by atoms with E-state index in [0.717, 1.165) is 55.8 Å². The van der Waals surface area contributed by atoms with Crippen LogP contribution in [0.4, 0.5) is 28.9 Å². The number of rotatable bonds is 17. The quantitative estimate of drug-likeness (QED) is 0.0726. The Bertz CT molecular complexity index is 3950. The van der Waals surface area contributed by atoms with Crippen LogP contribution in [-0.2, 0) is 33.5 Å². The maximum Gasteiger partial charge on any atom is 0.387 e. The number of anilines is 2. The first-order valence-electron chi connectivity index (χ1n) is 25.4. The largest absolute Gasteiger partial charge is 0.457 e. The summed E-state index contributed by atoms with van der Waals surface area (Å²) in [6.07, 6.45) is 15.3. The molecule has 0 aliphatic carbocycles. The lowest BCUT2D eigenvalue weighted by atomic mass is 10.0. The van der Waals surface area contributed by atoms with Crippen LogP contribution in [0.15, 0.2) is 153 Å². The second-order valence-corrected chi connectivity index (χ2v) is 18.8. The SMILES string of the molecule is C=C(Cc1ccc(Oc2ccc(OC(F)F)c(-c3nn(C)cc3NC(=O)c3cnn4cccnc34)c2)cc1)N1CCC1.Cn1cc(NC(=O)c2cnn3cccnc23)c(-c2cc(Oc3ccc4c(c3)CNCC4)ccc2OC(F)F)n1. The molecule has 8 heterocycles. The number of likely N-dealkylation sites (tertiary alicyclic amines) is 1. The van der Waals surface area contributed by atoms with Crippen LogP contribution in [0.2, 0.25) is 0 Å². The molecule has 0 bridgehead atoms. The third kappa shape index (κ3) is 12.0. The van der Waals surface area contributed by atoms with Gasteiger partial charge < -0.3 is 39.8 Å². The van der Waals surface area contributed by atoms with Crippen LogP contribution in [0.1, 0.15) is 43.8 Å². The predicted octanol–water partition coefficient (Wildman–Crippen LogP) is 9.96. The van der Waals surface area contributed by atoms with Gasteiger partial charge in [0.05, 0.1) is 34.9 Å². The number of ether oxygens (including phenoxy) is 4. The van der Waals surface area contributed by atoms with Gasteiger partial charge in [-0.2, -0.15) is 38.0 Å². The lowest BCUT2D eigenvalue weighted by Crippen LogP contribution is -2.36. The summed E-state index contributed by atoms with van der Waals surface area (Å²) < 4.78 is 80.9. The zero-order chi connectivity index (χ0) is 56.1. The molecular formula is C57H50F4N14O6. The number of aryl methyl sites for hydroxylation is 2. The molecule has 2 aliphatic heterocycles. The summed E-state index contributed by atoms with van der Waals surface area (Å²) >= 11 is 0. The second-order valence-electron chi connectivity index (χ2n) is 18.8. The minimum absolute atomic E-state index is 0.112. The van der Waals surface area contributed by atoms with Gasteiger partial charge in [-0.25, -0.2) is 19.0 Å². The molecule has 412 valence electrons. The summed E-state index contributed by atoms with van der Waals surface area (Å²) in [4.78, 5) is 37.0.